The zero-order valence-electron chi connectivity index (χ0n) is 18.5. The summed E-state index contributed by atoms with van der Waals surface area (Å²) < 4.78 is 0. The molecule has 2 fully saturated rings. The van der Waals surface area contributed by atoms with Crippen molar-refractivity contribution in [2.75, 3.05) is 6.54 Å². The summed E-state index contributed by atoms with van der Waals surface area (Å²) in [6.07, 6.45) is 11.7. The van der Waals surface area contributed by atoms with Gasteiger partial charge in [0.15, 0.2) is 0 Å². The zero-order valence-corrected chi connectivity index (χ0v) is 19.3. The number of β-lactam (4-membered cyclic amide) rings is 1. The number of carboxylic acids is 1. The number of hydrogen-bond donors (Lipinski definition) is 4. The highest BCUT2D eigenvalue weighted by molar-refractivity contribution is 8.03. The first-order valence-electron chi connectivity index (χ1n) is 10.9. The Kier molecular flexibility index (Phi) is 7.97. The molecule has 174 valence electrons. The minimum Gasteiger partial charge on any atom is -0.477 e. The molecule has 4 N–H and O–H groups in total. The van der Waals surface area contributed by atoms with Crippen molar-refractivity contribution in [2.45, 2.75) is 57.1 Å². The number of carboxylic acid groups (broad SMARTS) is 1. The van der Waals surface area contributed by atoms with Crippen molar-refractivity contribution in [3.8, 4) is 0 Å². The molecule has 8 nitrogen and oxygen atoms in total. The van der Waals surface area contributed by atoms with Gasteiger partial charge in [-0.3, -0.25) is 9.59 Å². The first kappa shape index (κ1) is 24.3. The molecular weight excluding hydrogens is 430 g/mol. The molecule has 0 saturated carbocycles. The van der Waals surface area contributed by atoms with Crippen LogP contribution in [-0.4, -0.2) is 62.9 Å². The Hall–Kier alpha value is -2.36. The van der Waals surface area contributed by atoms with Crippen molar-refractivity contribution < 1.29 is 24.6 Å². The van der Waals surface area contributed by atoms with E-state index in [1.807, 2.05) is 31.2 Å². The molecule has 2 amide bonds. The largest absolute Gasteiger partial charge is 0.477 e. The lowest BCUT2D eigenvalue weighted by Gasteiger charge is -2.46. The van der Waals surface area contributed by atoms with Gasteiger partial charge in [-0.05, 0) is 25.8 Å². The van der Waals surface area contributed by atoms with Crippen molar-refractivity contribution in [3.63, 3.8) is 0 Å². The van der Waals surface area contributed by atoms with Gasteiger partial charge in [-0.15, -0.1) is 11.8 Å². The molecule has 3 aliphatic rings. The normalized spacial score (nSPS) is 31.1. The average Bonchev–Trinajstić information content (AvgIpc) is 3.29. The van der Waals surface area contributed by atoms with Crippen molar-refractivity contribution in [1.29, 1.82) is 0 Å². The van der Waals surface area contributed by atoms with Gasteiger partial charge >= 0.3 is 5.97 Å². The molecule has 0 aromatic rings. The molecule has 32 heavy (non-hydrogen) atoms. The van der Waals surface area contributed by atoms with Crippen LogP contribution < -0.4 is 10.6 Å². The fourth-order valence-electron chi connectivity index (χ4n) is 4.48. The number of allylic oxidation sites excluding steroid dienone is 5. The zero-order chi connectivity index (χ0) is 23.4. The second-order valence-electron chi connectivity index (χ2n) is 8.30. The number of amides is 2. The van der Waals surface area contributed by atoms with Crippen LogP contribution in [0.3, 0.4) is 0 Å². The summed E-state index contributed by atoms with van der Waals surface area (Å²) in [5, 5.41) is 25.7. The number of aliphatic hydroxyl groups is 1. The molecule has 0 radical (unpaired) electrons. The van der Waals surface area contributed by atoms with Crippen LogP contribution in [0.5, 0.6) is 0 Å². The predicted molar refractivity (Wildman–Crippen MR) is 123 cm³/mol. The highest BCUT2D eigenvalue weighted by Crippen LogP contribution is 2.51. The number of hydrogen-bond acceptors (Lipinski definition) is 6. The van der Waals surface area contributed by atoms with Crippen LogP contribution in [0.1, 0.15) is 33.6 Å². The summed E-state index contributed by atoms with van der Waals surface area (Å²) in [6, 6.07) is -0.689. The first-order valence-corrected chi connectivity index (χ1v) is 11.8. The Morgan fingerprint density at radius 1 is 1.31 bits per heavy atom. The Labute approximate surface area is 192 Å². The molecule has 3 heterocycles. The maximum atomic E-state index is 12.4. The van der Waals surface area contributed by atoms with Crippen LogP contribution >= 0.6 is 11.8 Å². The third kappa shape index (κ3) is 4.84. The molecule has 0 aromatic heterocycles. The summed E-state index contributed by atoms with van der Waals surface area (Å²) in [7, 11) is 0. The van der Waals surface area contributed by atoms with Gasteiger partial charge in [-0.1, -0.05) is 38.2 Å². The van der Waals surface area contributed by atoms with Gasteiger partial charge < -0.3 is 25.7 Å². The minimum atomic E-state index is -1.13. The van der Waals surface area contributed by atoms with E-state index in [1.54, 1.807) is 19.2 Å². The van der Waals surface area contributed by atoms with E-state index in [1.165, 1.54) is 16.7 Å². The lowest BCUT2D eigenvalue weighted by molar-refractivity contribution is -0.163. The standard InChI is InChI=1S/C23H31N3O5S/c1-4-5-6-7-8-9-10-24-21(28)16-11-15(12-25-16)32-20-13(2)18-17(14(3)27)22(29)26(18)19(20)23(30)31/h5-10,13-18,25,27H,4,11-12H2,1-3H3,(H,24,28)(H,30,31)/b6-5+,8-7+,10-9+/t13-,14-,15+,16+,17-,18?/m1/s1. The van der Waals surface area contributed by atoms with E-state index in [9.17, 15) is 24.6 Å². The number of rotatable bonds is 9. The number of thioether (sulfide) groups is 1. The van der Waals surface area contributed by atoms with Crippen LogP contribution in [0.4, 0.5) is 0 Å². The maximum absolute atomic E-state index is 12.4. The number of fused-ring (bicyclic) bond motifs is 1. The molecule has 1 unspecified atom stereocenters. The number of nitrogens with zero attached hydrogens (tertiary/aromatic N) is 1. The predicted octanol–water partition coefficient (Wildman–Crippen LogP) is 1.76. The molecule has 0 spiro atoms. The molecular formula is C23H31N3O5S. The van der Waals surface area contributed by atoms with E-state index < -0.39 is 18.0 Å². The van der Waals surface area contributed by atoms with Gasteiger partial charge in [0, 0.05) is 28.8 Å². The molecule has 6 atom stereocenters. The van der Waals surface area contributed by atoms with Crippen LogP contribution in [0.2, 0.25) is 0 Å². The summed E-state index contributed by atoms with van der Waals surface area (Å²) in [5.41, 5.74) is 0.0224. The van der Waals surface area contributed by atoms with Crippen LogP contribution in [0.15, 0.2) is 47.2 Å². The lowest BCUT2D eigenvalue weighted by Crippen LogP contribution is -2.63. The van der Waals surface area contributed by atoms with Crippen LogP contribution in [-0.2, 0) is 14.4 Å². The summed E-state index contributed by atoms with van der Waals surface area (Å²) in [6.45, 7) is 6.09. The first-order chi connectivity index (χ1) is 15.3. The third-order valence-corrected chi connectivity index (χ3v) is 7.55. The number of carbonyl (C=O) groups excluding carboxylic acids is 2. The topological polar surface area (TPSA) is 119 Å². The molecule has 2 saturated heterocycles. The second kappa shape index (κ2) is 10.5. The third-order valence-electron chi connectivity index (χ3n) is 6.04. The monoisotopic (exact) mass is 461 g/mol. The highest BCUT2D eigenvalue weighted by Gasteiger charge is 2.60. The Morgan fingerprint density at radius 2 is 2.03 bits per heavy atom. The van der Waals surface area contributed by atoms with Gasteiger partial charge in [-0.2, -0.15) is 0 Å². The number of aliphatic carboxylic acids is 1. The fourth-order valence-corrected chi connectivity index (χ4v) is 5.96. The number of nitrogens with one attached hydrogen (secondary N) is 2. The maximum Gasteiger partial charge on any atom is 0.353 e. The van der Waals surface area contributed by atoms with E-state index >= 15 is 0 Å². The molecule has 3 aliphatic heterocycles. The molecule has 0 bridgehead atoms. The number of carbonyl (C=O) groups is 3. The Morgan fingerprint density at radius 3 is 2.69 bits per heavy atom. The van der Waals surface area contributed by atoms with Crippen molar-refractivity contribution >= 4 is 29.5 Å². The average molecular weight is 462 g/mol. The van der Waals surface area contributed by atoms with Gasteiger partial charge in [0.1, 0.15) is 5.70 Å². The molecule has 9 heteroatoms. The van der Waals surface area contributed by atoms with E-state index in [4.69, 9.17) is 0 Å². The highest BCUT2D eigenvalue weighted by atomic mass is 32.2. The molecule has 0 aromatic carbocycles. The summed E-state index contributed by atoms with van der Waals surface area (Å²) in [5.74, 6) is -2.35. The smallest absolute Gasteiger partial charge is 0.353 e. The fraction of sp³-hybridized carbons (Fsp3) is 0.522. The molecule has 3 rings (SSSR count). The van der Waals surface area contributed by atoms with Gasteiger partial charge in [-0.25, -0.2) is 4.79 Å². The summed E-state index contributed by atoms with van der Waals surface area (Å²) in [4.78, 5) is 38.8. The van der Waals surface area contributed by atoms with Crippen LogP contribution in [0.25, 0.3) is 0 Å². The summed E-state index contributed by atoms with van der Waals surface area (Å²) >= 11 is 1.43. The lowest BCUT2D eigenvalue weighted by atomic mass is 9.79. The van der Waals surface area contributed by atoms with Crippen LogP contribution in [0, 0.1) is 11.8 Å². The van der Waals surface area contributed by atoms with Crippen molar-refractivity contribution in [1.82, 2.24) is 15.5 Å². The minimum absolute atomic E-state index is 0.0133. The van der Waals surface area contributed by atoms with E-state index in [-0.39, 0.29) is 40.8 Å². The van der Waals surface area contributed by atoms with E-state index in [2.05, 4.69) is 17.6 Å². The molecule has 0 aliphatic carbocycles. The SMILES string of the molecule is CC/C=C/C=C/C=C/NC(=O)[C@@H]1C[C@H](SC2=C(C(=O)O)N3C(=O)[C@H]([C@@H](C)O)C3[C@H]2C)CN1. The quantitative estimate of drug-likeness (QED) is 0.305. The van der Waals surface area contributed by atoms with E-state index in [0.29, 0.717) is 17.9 Å². The Balaban J connectivity index is 1.59. The van der Waals surface area contributed by atoms with E-state index in [0.717, 1.165) is 6.42 Å². The van der Waals surface area contributed by atoms with Gasteiger partial charge in [0.2, 0.25) is 11.8 Å². The number of aliphatic hydroxyl groups excluding tert-OH is 1. The second-order valence-corrected chi connectivity index (χ2v) is 9.64. The Bertz CT molecular complexity index is 879. The van der Waals surface area contributed by atoms with Gasteiger partial charge in [0.25, 0.3) is 0 Å². The van der Waals surface area contributed by atoms with Gasteiger partial charge in [0.05, 0.1) is 24.1 Å². The van der Waals surface area contributed by atoms with Crippen molar-refractivity contribution in [2.24, 2.45) is 11.8 Å². The van der Waals surface area contributed by atoms with Crippen molar-refractivity contribution in [3.05, 3.63) is 47.2 Å².